The topological polar surface area (TPSA) is 24.5 Å². The quantitative estimate of drug-likeness (QED) is 0.673. The van der Waals surface area contributed by atoms with Crippen molar-refractivity contribution in [1.29, 1.82) is 0 Å². The van der Waals surface area contributed by atoms with Crippen LogP contribution in [0.2, 0.25) is 0 Å². The number of rotatable bonds is 5. The van der Waals surface area contributed by atoms with Crippen LogP contribution in [-0.4, -0.2) is 50.8 Å². The number of hydrogen-bond acceptors (Lipinski definition) is 3. The normalized spacial score (nSPS) is 29.4. The molecule has 14 heavy (non-hydrogen) atoms. The summed E-state index contributed by atoms with van der Waals surface area (Å²) in [7, 11) is 3.84. The summed E-state index contributed by atoms with van der Waals surface area (Å²) in [5.74, 6) is 0. The Labute approximate surface area is 87.8 Å². The van der Waals surface area contributed by atoms with Crippen LogP contribution in [0.25, 0.3) is 0 Å². The fourth-order valence-electron chi connectivity index (χ4n) is 2.23. The number of ether oxygens (including phenoxy) is 1. The minimum Gasteiger partial charge on any atom is -0.385 e. The standard InChI is InChI=1S/C11H24N2O/c1-10-9-11(12-2)5-7-13(10)6-4-8-14-3/h10-12H,4-9H2,1-3H3. The second-order valence-electron chi connectivity index (χ2n) is 4.24. The van der Waals surface area contributed by atoms with E-state index in [1.54, 1.807) is 7.11 Å². The molecule has 0 aromatic heterocycles. The third-order valence-corrected chi connectivity index (χ3v) is 3.22. The summed E-state index contributed by atoms with van der Waals surface area (Å²) in [6, 6.07) is 1.45. The van der Waals surface area contributed by atoms with Gasteiger partial charge in [-0.1, -0.05) is 0 Å². The Kier molecular flexibility index (Phi) is 5.45. The van der Waals surface area contributed by atoms with Crippen molar-refractivity contribution in [2.45, 2.75) is 38.3 Å². The molecule has 0 aromatic rings. The SMILES string of the molecule is CNC1CCN(CCCOC)C(C)C1. The maximum absolute atomic E-state index is 5.07. The van der Waals surface area contributed by atoms with E-state index in [1.165, 1.54) is 25.9 Å². The Bertz CT molecular complexity index is 150. The minimum atomic E-state index is 0.720. The number of nitrogens with zero attached hydrogens (tertiary/aromatic N) is 1. The third kappa shape index (κ3) is 3.56. The molecule has 1 aliphatic rings. The van der Waals surface area contributed by atoms with E-state index in [2.05, 4.69) is 24.2 Å². The number of piperidine rings is 1. The van der Waals surface area contributed by atoms with Crippen molar-refractivity contribution >= 4 is 0 Å². The highest BCUT2D eigenvalue weighted by molar-refractivity contribution is 4.81. The maximum Gasteiger partial charge on any atom is 0.0474 e. The van der Waals surface area contributed by atoms with E-state index in [0.29, 0.717) is 0 Å². The van der Waals surface area contributed by atoms with Gasteiger partial charge in [0, 0.05) is 32.3 Å². The van der Waals surface area contributed by atoms with Crippen molar-refractivity contribution in [3.8, 4) is 0 Å². The molecule has 84 valence electrons. The Hall–Kier alpha value is -0.120. The summed E-state index contributed by atoms with van der Waals surface area (Å²) in [6.07, 6.45) is 3.72. The molecule has 1 fully saturated rings. The number of methoxy groups -OCH3 is 1. The Balaban J connectivity index is 2.20. The van der Waals surface area contributed by atoms with E-state index >= 15 is 0 Å². The molecule has 3 nitrogen and oxygen atoms in total. The highest BCUT2D eigenvalue weighted by Crippen LogP contribution is 2.16. The van der Waals surface area contributed by atoms with Crippen LogP contribution in [0.4, 0.5) is 0 Å². The van der Waals surface area contributed by atoms with Gasteiger partial charge in [-0.2, -0.15) is 0 Å². The van der Waals surface area contributed by atoms with Crippen LogP contribution < -0.4 is 5.32 Å². The Morgan fingerprint density at radius 3 is 2.86 bits per heavy atom. The van der Waals surface area contributed by atoms with Crippen LogP contribution in [0.5, 0.6) is 0 Å². The second kappa shape index (κ2) is 6.38. The van der Waals surface area contributed by atoms with E-state index in [-0.39, 0.29) is 0 Å². The maximum atomic E-state index is 5.07. The lowest BCUT2D eigenvalue weighted by molar-refractivity contribution is 0.117. The zero-order valence-electron chi connectivity index (χ0n) is 9.75. The van der Waals surface area contributed by atoms with E-state index in [9.17, 15) is 0 Å². The van der Waals surface area contributed by atoms with E-state index in [1.807, 2.05) is 0 Å². The molecule has 1 rings (SSSR count). The number of hydrogen-bond donors (Lipinski definition) is 1. The summed E-state index contributed by atoms with van der Waals surface area (Å²) in [5, 5.41) is 3.37. The predicted octanol–water partition coefficient (Wildman–Crippen LogP) is 1.10. The first-order valence-corrected chi connectivity index (χ1v) is 5.68. The fraction of sp³-hybridized carbons (Fsp3) is 1.00. The van der Waals surface area contributed by atoms with Gasteiger partial charge in [0.15, 0.2) is 0 Å². The van der Waals surface area contributed by atoms with Gasteiger partial charge in [-0.25, -0.2) is 0 Å². The van der Waals surface area contributed by atoms with Crippen LogP contribution in [0.3, 0.4) is 0 Å². The zero-order valence-corrected chi connectivity index (χ0v) is 9.75. The highest BCUT2D eigenvalue weighted by atomic mass is 16.5. The van der Waals surface area contributed by atoms with Gasteiger partial charge in [0.05, 0.1) is 0 Å². The molecular weight excluding hydrogens is 176 g/mol. The van der Waals surface area contributed by atoms with Crippen molar-refractivity contribution < 1.29 is 4.74 Å². The fourth-order valence-corrected chi connectivity index (χ4v) is 2.23. The van der Waals surface area contributed by atoms with Gasteiger partial charge in [-0.15, -0.1) is 0 Å². The van der Waals surface area contributed by atoms with Gasteiger partial charge >= 0.3 is 0 Å². The largest absolute Gasteiger partial charge is 0.385 e. The van der Waals surface area contributed by atoms with Crippen molar-refractivity contribution in [3.63, 3.8) is 0 Å². The van der Waals surface area contributed by atoms with Crippen molar-refractivity contribution in [2.24, 2.45) is 0 Å². The molecule has 1 heterocycles. The summed E-state index contributed by atoms with van der Waals surface area (Å²) < 4.78 is 5.07. The lowest BCUT2D eigenvalue weighted by atomic mass is 9.98. The van der Waals surface area contributed by atoms with E-state index in [4.69, 9.17) is 4.74 Å². The average Bonchev–Trinajstić information content (AvgIpc) is 2.20. The van der Waals surface area contributed by atoms with Gasteiger partial charge in [-0.3, -0.25) is 0 Å². The molecule has 1 N–H and O–H groups in total. The third-order valence-electron chi connectivity index (χ3n) is 3.22. The van der Waals surface area contributed by atoms with E-state index in [0.717, 1.165) is 25.1 Å². The van der Waals surface area contributed by atoms with Crippen LogP contribution in [0, 0.1) is 0 Å². The van der Waals surface area contributed by atoms with E-state index < -0.39 is 0 Å². The molecule has 0 aromatic carbocycles. The Morgan fingerprint density at radius 1 is 1.50 bits per heavy atom. The monoisotopic (exact) mass is 200 g/mol. The lowest BCUT2D eigenvalue weighted by Gasteiger charge is -2.37. The van der Waals surface area contributed by atoms with Crippen molar-refractivity contribution in [1.82, 2.24) is 10.2 Å². The molecule has 2 atom stereocenters. The predicted molar refractivity (Wildman–Crippen MR) is 59.6 cm³/mol. The number of likely N-dealkylation sites (tertiary alicyclic amines) is 1. The smallest absolute Gasteiger partial charge is 0.0474 e. The molecule has 2 unspecified atom stereocenters. The van der Waals surface area contributed by atoms with Crippen LogP contribution in [0.15, 0.2) is 0 Å². The van der Waals surface area contributed by atoms with Gasteiger partial charge in [0.25, 0.3) is 0 Å². The minimum absolute atomic E-state index is 0.720. The highest BCUT2D eigenvalue weighted by Gasteiger charge is 2.23. The first kappa shape index (κ1) is 12.0. The van der Waals surface area contributed by atoms with Crippen LogP contribution in [-0.2, 0) is 4.74 Å². The van der Waals surface area contributed by atoms with Crippen molar-refractivity contribution in [3.05, 3.63) is 0 Å². The summed E-state index contributed by atoms with van der Waals surface area (Å²) in [5.41, 5.74) is 0. The van der Waals surface area contributed by atoms with Gasteiger partial charge in [-0.05, 0) is 39.8 Å². The molecule has 0 spiro atoms. The summed E-state index contributed by atoms with van der Waals surface area (Å²) >= 11 is 0. The van der Waals surface area contributed by atoms with Gasteiger partial charge in [0.1, 0.15) is 0 Å². The first-order chi connectivity index (χ1) is 6.77. The first-order valence-electron chi connectivity index (χ1n) is 5.68. The summed E-state index contributed by atoms with van der Waals surface area (Å²) in [4.78, 5) is 2.58. The Morgan fingerprint density at radius 2 is 2.29 bits per heavy atom. The zero-order chi connectivity index (χ0) is 10.4. The van der Waals surface area contributed by atoms with Crippen LogP contribution in [0.1, 0.15) is 26.2 Å². The van der Waals surface area contributed by atoms with Gasteiger partial charge in [0.2, 0.25) is 0 Å². The molecular formula is C11H24N2O. The summed E-state index contributed by atoms with van der Waals surface area (Å²) in [6.45, 7) is 5.64. The molecule has 0 aliphatic carbocycles. The molecule has 1 aliphatic heterocycles. The molecule has 0 saturated carbocycles. The number of nitrogens with one attached hydrogen (secondary N) is 1. The van der Waals surface area contributed by atoms with Crippen LogP contribution >= 0.6 is 0 Å². The molecule has 0 amide bonds. The van der Waals surface area contributed by atoms with Gasteiger partial charge < -0.3 is 15.0 Å². The second-order valence-corrected chi connectivity index (χ2v) is 4.24. The average molecular weight is 200 g/mol. The molecule has 0 radical (unpaired) electrons. The molecule has 0 bridgehead atoms. The molecule has 1 saturated heterocycles. The lowest BCUT2D eigenvalue weighted by Crippen LogP contribution is -2.46. The molecule has 3 heteroatoms. The van der Waals surface area contributed by atoms with Crippen molar-refractivity contribution in [2.75, 3.05) is 33.9 Å².